The zero-order chi connectivity index (χ0) is 12.5. The van der Waals surface area contributed by atoms with Gasteiger partial charge < -0.3 is 9.84 Å². The Morgan fingerprint density at radius 2 is 2.19 bits per heavy atom. The van der Waals surface area contributed by atoms with E-state index in [1.165, 1.54) is 0 Å². The van der Waals surface area contributed by atoms with Gasteiger partial charge in [-0.2, -0.15) is 0 Å². The van der Waals surface area contributed by atoms with Crippen LogP contribution in [0.1, 0.15) is 5.56 Å². The van der Waals surface area contributed by atoms with Crippen LogP contribution in [0.25, 0.3) is 0 Å². The molecule has 90 valence electrons. The number of benzene rings is 1. The largest absolute Gasteiger partial charge is 0.504 e. The van der Waals surface area contributed by atoms with Gasteiger partial charge in [0.25, 0.3) is 0 Å². The molecule has 1 aromatic carbocycles. The summed E-state index contributed by atoms with van der Waals surface area (Å²) in [6.45, 7) is 0. The highest BCUT2D eigenvalue weighted by molar-refractivity contribution is 9.10. The molecular formula is C8H7BrClFO4S. The van der Waals surface area contributed by atoms with Gasteiger partial charge in [0.1, 0.15) is 0 Å². The van der Waals surface area contributed by atoms with E-state index in [1.54, 1.807) is 0 Å². The topological polar surface area (TPSA) is 63.6 Å². The highest BCUT2D eigenvalue weighted by Crippen LogP contribution is 2.38. The summed E-state index contributed by atoms with van der Waals surface area (Å²) < 4.78 is 39.7. The van der Waals surface area contributed by atoms with Crippen LogP contribution in [0.3, 0.4) is 0 Å². The predicted octanol–water partition coefficient (Wildman–Crippen LogP) is 2.37. The second-order valence-corrected chi connectivity index (χ2v) is 6.53. The number of phenolic OH excluding ortho intramolecular Hbond substituents is 1. The number of hydrogen-bond donors (Lipinski definition) is 1. The SMILES string of the molecule is COc1c(O)c(CS(=O)(=O)Cl)cc(Br)c1F. The normalized spacial score (nSPS) is 11.5. The molecule has 1 N–H and O–H groups in total. The Morgan fingerprint density at radius 3 is 2.62 bits per heavy atom. The number of ether oxygens (including phenoxy) is 1. The molecule has 0 aliphatic carbocycles. The molecule has 4 nitrogen and oxygen atoms in total. The van der Waals surface area contributed by atoms with Crippen molar-refractivity contribution in [3.8, 4) is 11.5 Å². The smallest absolute Gasteiger partial charge is 0.236 e. The van der Waals surface area contributed by atoms with Gasteiger partial charge in [-0.25, -0.2) is 12.8 Å². The number of methoxy groups -OCH3 is 1. The highest BCUT2D eigenvalue weighted by Gasteiger charge is 2.20. The fourth-order valence-corrected chi connectivity index (χ4v) is 2.53. The van der Waals surface area contributed by atoms with Gasteiger partial charge in [0.15, 0.2) is 17.3 Å². The molecule has 0 aliphatic rings. The van der Waals surface area contributed by atoms with Gasteiger partial charge in [0, 0.05) is 16.2 Å². The van der Waals surface area contributed by atoms with Crippen molar-refractivity contribution in [3.63, 3.8) is 0 Å². The number of phenols is 1. The van der Waals surface area contributed by atoms with Crippen LogP contribution < -0.4 is 4.74 Å². The van der Waals surface area contributed by atoms with Gasteiger partial charge in [0.2, 0.25) is 9.05 Å². The monoisotopic (exact) mass is 332 g/mol. The second kappa shape index (κ2) is 4.77. The molecule has 16 heavy (non-hydrogen) atoms. The van der Waals surface area contributed by atoms with Crippen molar-refractivity contribution >= 4 is 35.7 Å². The summed E-state index contributed by atoms with van der Waals surface area (Å²) >= 11 is 2.88. The summed E-state index contributed by atoms with van der Waals surface area (Å²) in [6.07, 6.45) is 0. The van der Waals surface area contributed by atoms with Crippen molar-refractivity contribution in [2.24, 2.45) is 0 Å². The minimum Gasteiger partial charge on any atom is -0.504 e. The maximum atomic E-state index is 13.4. The Labute approximate surface area is 105 Å². The molecule has 0 saturated carbocycles. The van der Waals surface area contributed by atoms with Crippen LogP contribution >= 0.6 is 26.6 Å². The zero-order valence-electron chi connectivity index (χ0n) is 8.00. The zero-order valence-corrected chi connectivity index (χ0v) is 11.2. The first-order valence-corrected chi connectivity index (χ1v) is 7.19. The van der Waals surface area contributed by atoms with Gasteiger partial charge in [-0.3, -0.25) is 0 Å². The molecule has 0 aromatic heterocycles. The van der Waals surface area contributed by atoms with E-state index in [9.17, 15) is 17.9 Å². The lowest BCUT2D eigenvalue weighted by Crippen LogP contribution is -1.99. The molecule has 0 spiro atoms. The average molecular weight is 334 g/mol. The second-order valence-electron chi connectivity index (χ2n) is 2.90. The van der Waals surface area contributed by atoms with Crippen molar-refractivity contribution in [1.29, 1.82) is 0 Å². The van der Waals surface area contributed by atoms with Crippen LogP contribution in [-0.4, -0.2) is 20.6 Å². The number of aromatic hydroxyl groups is 1. The first-order chi connectivity index (χ1) is 7.26. The third-order valence-electron chi connectivity index (χ3n) is 1.76. The molecule has 0 amide bonds. The van der Waals surface area contributed by atoms with Crippen LogP contribution in [0.5, 0.6) is 11.5 Å². The highest BCUT2D eigenvalue weighted by atomic mass is 79.9. The molecule has 0 saturated heterocycles. The Balaban J connectivity index is 3.37. The van der Waals surface area contributed by atoms with Crippen molar-refractivity contribution in [3.05, 3.63) is 21.9 Å². The number of hydrogen-bond acceptors (Lipinski definition) is 4. The van der Waals surface area contributed by atoms with E-state index in [4.69, 9.17) is 10.7 Å². The third-order valence-corrected chi connectivity index (χ3v) is 3.32. The molecule has 0 atom stereocenters. The van der Waals surface area contributed by atoms with E-state index in [2.05, 4.69) is 20.7 Å². The van der Waals surface area contributed by atoms with Crippen LogP contribution in [0.15, 0.2) is 10.5 Å². The fourth-order valence-electron chi connectivity index (χ4n) is 1.12. The Bertz CT molecular complexity index is 517. The van der Waals surface area contributed by atoms with Crippen LogP contribution in [-0.2, 0) is 14.8 Å². The predicted molar refractivity (Wildman–Crippen MR) is 60.8 cm³/mol. The molecule has 0 unspecified atom stereocenters. The summed E-state index contributed by atoms with van der Waals surface area (Å²) in [4.78, 5) is 0. The van der Waals surface area contributed by atoms with Crippen molar-refractivity contribution in [2.75, 3.05) is 7.11 Å². The van der Waals surface area contributed by atoms with Crippen LogP contribution in [0.4, 0.5) is 4.39 Å². The molecule has 1 rings (SSSR count). The minimum absolute atomic E-state index is 0.0162. The maximum absolute atomic E-state index is 13.4. The van der Waals surface area contributed by atoms with Crippen LogP contribution in [0, 0.1) is 5.82 Å². The van der Waals surface area contributed by atoms with E-state index < -0.39 is 32.1 Å². The van der Waals surface area contributed by atoms with Gasteiger partial charge >= 0.3 is 0 Å². The van der Waals surface area contributed by atoms with Crippen molar-refractivity contribution < 1.29 is 22.7 Å². The van der Waals surface area contributed by atoms with Crippen molar-refractivity contribution in [1.82, 2.24) is 0 Å². The molecule has 0 aliphatic heterocycles. The molecule has 0 fully saturated rings. The van der Waals surface area contributed by atoms with Gasteiger partial charge in [0.05, 0.1) is 17.3 Å². The Hall–Kier alpha value is -0.530. The lowest BCUT2D eigenvalue weighted by Gasteiger charge is -2.10. The summed E-state index contributed by atoms with van der Waals surface area (Å²) in [5, 5.41) is 9.55. The Morgan fingerprint density at radius 1 is 1.62 bits per heavy atom. The summed E-state index contributed by atoms with van der Waals surface area (Å²) in [6, 6.07) is 1.13. The molecule has 0 heterocycles. The third kappa shape index (κ3) is 2.99. The Kier molecular flexibility index (Phi) is 4.03. The molecular weight excluding hydrogens is 327 g/mol. The molecule has 0 radical (unpaired) electrons. The van der Waals surface area contributed by atoms with Gasteiger partial charge in [-0.05, 0) is 22.0 Å². The van der Waals surface area contributed by atoms with E-state index in [1.807, 2.05) is 0 Å². The molecule has 0 bridgehead atoms. The first kappa shape index (κ1) is 13.5. The van der Waals surface area contributed by atoms with E-state index in [0.717, 1.165) is 13.2 Å². The van der Waals surface area contributed by atoms with E-state index >= 15 is 0 Å². The van der Waals surface area contributed by atoms with Gasteiger partial charge in [-0.1, -0.05) is 0 Å². The fraction of sp³-hybridized carbons (Fsp3) is 0.250. The first-order valence-electron chi connectivity index (χ1n) is 3.92. The summed E-state index contributed by atoms with van der Waals surface area (Å²) in [5.41, 5.74) is -0.0416. The molecule has 8 heteroatoms. The number of rotatable bonds is 3. The average Bonchev–Trinajstić information content (AvgIpc) is 2.13. The van der Waals surface area contributed by atoms with E-state index in [-0.39, 0.29) is 10.0 Å². The van der Waals surface area contributed by atoms with Gasteiger partial charge in [-0.15, -0.1) is 0 Å². The molecule has 1 aromatic rings. The van der Waals surface area contributed by atoms with E-state index in [0.29, 0.717) is 0 Å². The quantitative estimate of drug-likeness (QED) is 0.863. The maximum Gasteiger partial charge on any atom is 0.236 e. The summed E-state index contributed by atoms with van der Waals surface area (Å²) in [5.74, 6) is -2.43. The number of halogens is 3. The lowest BCUT2D eigenvalue weighted by atomic mass is 10.2. The summed E-state index contributed by atoms with van der Waals surface area (Å²) in [7, 11) is 2.35. The van der Waals surface area contributed by atoms with Crippen molar-refractivity contribution in [2.45, 2.75) is 5.75 Å². The lowest BCUT2D eigenvalue weighted by molar-refractivity contribution is 0.348. The minimum atomic E-state index is -3.84. The van der Waals surface area contributed by atoms with Crippen LogP contribution in [0.2, 0.25) is 0 Å². The standard InChI is InChI=1S/C8H7BrClFO4S/c1-15-8-6(11)5(9)2-4(7(8)12)3-16(10,13)14/h2,12H,3H2,1H3.